The number of nitrogens with one attached hydrogen (secondary N) is 1. The summed E-state index contributed by atoms with van der Waals surface area (Å²) in [6.07, 6.45) is 3.41. The molecule has 1 N–H and O–H groups in total. The second-order valence-electron chi connectivity index (χ2n) is 5.07. The molecule has 0 spiro atoms. The quantitative estimate of drug-likeness (QED) is 0.843. The molecule has 0 saturated carbocycles. The van der Waals surface area contributed by atoms with Crippen LogP contribution in [-0.2, 0) is 9.59 Å². The van der Waals surface area contributed by atoms with E-state index >= 15 is 0 Å². The third kappa shape index (κ3) is 2.20. The highest BCUT2D eigenvalue weighted by atomic mass is 16.2. The van der Waals surface area contributed by atoms with Crippen LogP contribution >= 0.6 is 0 Å². The SMILES string of the molecule is CC(c1cccnc1)N1CC(=O)NC(C)(C)C1=O. The van der Waals surface area contributed by atoms with Gasteiger partial charge in [-0.3, -0.25) is 14.6 Å². The van der Waals surface area contributed by atoms with E-state index in [1.807, 2.05) is 19.1 Å². The normalized spacial score (nSPS) is 20.5. The maximum absolute atomic E-state index is 12.3. The van der Waals surface area contributed by atoms with Crippen LogP contribution in [0.15, 0.2) is 24.5 Å². The number of pyridine rings is 1. The highest BCUT2D eigenvalue weighted by Gasteiger charge is 2.41. The maximum atomic E-state index is 12.3. The van der Waals surface area contributed by atoms with Crippen molar-refractivity contribution in [3.63, 3.8) is 0 Å². The van der Waals surface area contributed by atoms with Gasteiger partial charge in [0.2, 0.25) is 11.8 Å². The fourth-order valence-electron chi connectivity index (χ4n) is 2.14. The number of nitrogens with zero attached hydrogens (tertiary/aromatic N) is 2. The van der Waals surface area contributed by atoms with Crippen LogP contribution in [0.25, 0.3) is 0 Å². The van der Waals surface area contributed by atoms with E-state index in [4.69, 9.17) is 0 Å². The molecule has 1 aliphatic rings. The summed E-state index contributed by atoms with van der Waals surface area (Å²) in [5.74, 6) is -0.200. The molecular weight excluding hydrogens is 230 g/mol. The average Bonchev–Trinajstić information content (AvgIpc) is 2.33. The van der Waals surface area contributed by atoms with E-state index in [2.05, 4.69) is 10.3 Å². The Balaban J connectivity index is 2.27. The highest BCUT2D eigenvalue weighted by Crippen LogP contribution is 2.24. The molecule has 2 rings (SSSR count). The zero-order valence-corrected chi connectivity index (χ0v) is 10.8. The van der Waals surface area contributed by atoms with E-state index in [0.717, 1.165) is 5.56 Å². The fourth-order valence-corrected chi connectivity index (χ4v) is 2.14. The predicted molar refractivity (Wildman–Crippen MR) is 66.6 cm³/mol. The molecule has 1 atom stereocenters. The van der Waals surface area contributed by atoms with Crippen molar-refractivity contribution in [1.29, 1.82) is 0 Å². The molecule has 18 heavy (non-hydrogen) atoms. The standard InChI is InChI=1S/C13H17N3O2/c1-9(10-5-4-6-14-7-10)16-8-11(17)15-13(2,3)12(16)18/h4-7,9H,8H2,1-3H3,(H,15,17). The van der Waals surface area contributed by atoms with Crippen LogP contribution < -0.4 is 5.32 Å². The molecule has 2 amide bonds. The smallest absolute Gasteiger partial charge is 0.248 e. The first-order chi connectivity index (χ1) is 8.42. The maximum Gasteiger partial charge on any atom is 0.248 e. The number of hydrogen-bond donors (Lipinski definition) is 1. The molecule has 1 aliphatic heterocycles. The molecule has 0 bridgehead atoms. The second kappa shape index (κ2) is 4.40. The molecule has 0 aliphatic carbocycles. The van der Waals surface area contributed by atoms with Crippen LogP contribution in [0.1, 0.15) is 32.4 Å². The Morgan fingerprint density at radius 3 is 2.78 bits per heavy atom. The lowest BCUT2D eigenvalue weighted by Crippen LogP contribution is -2.64. The third-order valence-electron chi connectivity index (χ3n) is 3.20. The van der Waals surface area contributed by atoms with Gasteiger partial charge >= 0.3 is 0 Å². The van der Waals surface area contributed by atoms with E-state index in [1.165, 1.54) is 0 Å². The molecule has 2 heterocycles. The molecule has 0 aromatic carbocycles. The van der Waals surface area contributed by atoms with Crippen molar-refractivity contribution in [3.8, 4) is 0 Å². The van der Waals surface area contributed by atoms with Gasteiger partial charge in [0.15, 0.2) is 0 Å². The monoisotopic (exact) mass is 247 g/mol. The van der Waals surface area contributed by atoms with Crippen LogP contribution in [-0.4, -0.2) is 33.8 Å². The van der Waals surface area contributed by atoms with Gasteiger partial charge in [-0.15, -0.1) is 0 Å². The van der Waals surface area contributed by atoms with Gasteiger partial charge in [-0.2, -0.15) is 0 Å². The van der Waals surface area contributed by atoms with E-state index in [9.17, 15) is 9.59 Å². The average molecular weight is 247 g/mol. The van der Waals surface area contributed by atoms with Crippen LogP contribution in [0.4, 0.5) is 0 Å². The Morgan fingerprint density at radius 2 is 2.17 bits per heavy atom. The molecule has 96 valence electrons. The van der Waals surface area contributed by atoms with Crippen molar-refractivity contribution in [2.24, 2.45) is 0 Å². The topological polar surface area (TPSA) is 62.3 Å². The first-order valence-electron chi connectivity index (χ1n) is 5.94. The van der Waals surface area contributed by atoms with E-state index in [-0.39, 0.29) is 24.4 Å². The highest BCUT2D eigenvalue weighted by molar-refractivity contribution is 5.97. The first kappa shape index (κ1) is 12.5. The van der Waals surface area contributed by atoms with Crippen LogP contribution in [0, 0.1) is 0 Å². The van der Waals surface area contributed by atoms with Crippen LogP contribution in [0.2, 0.25) is 0 Å². The van der Waals surface area contributed by atoms with Crippen LogP contribution in [0.3, 0.4) is 0 Å². The molecule has 1 saturated heterocycles. The molecule has 1 unspecified atom stereocenters. The number of amides is 2. The summed E-state index contributed by atoms with van der Waals surface area (Å²) >= 11 is 0. The summed E-state index contributed by atoms with van der Waals surface area (Å²) in [5, 5.41) is 2.70. The number of carbonyl (C=O) groups is 2. The number of aromatic nitrogens is 1. The second-order valence-corrected chi connectivity index (χ2v) is 5.07. The number of hydrogen-bond acceptors (Lipinski definition) is 3. The minimum Gasteiger partial charge on any atom is -0.341 e. The Bertz CT molecular complexity index is 470. The van der Waals surface area contributed by atoms with E-state index in [0.29, 0.717) is 0 Å². The predicted octanol–water partition coefficient (Wildman–Crippen LogP) is 0.880. The van der Waals surface area contributed by atoms with Gasteiger partial charge in [0.25, 0.3) is 0 Å². The summed E-state index contributed by atoms with van der Waals surface area (Å²) in [7, 11) is 0. The summed E-state index contributed by atoms with van der Waals surface area (Å²) in [6.45, 7) is 5.44. The van der Waals surface area contributed by atoms with Crippen molar-refractivity contribution in [1.82, 2.24) is 15.2 Å². The third-order valence-corrected chi connectivity index (χ3v) is 3.20. The summed E-state index contributed by atoms with van der Waals surface area (Å²) in [6, 6.07) is 3.58. The number of carbonyl (C=O) groups excluding carboxylic acids is 2. The van der Waals surface area contributed by atoms with E-state index < -0.39 is 5.54 Å². The Hall–Kier alpha value is -1.91. The summed E-state index contributed by atoms with van der Waals surface area (Å²) in [5.41, 5.74) is 0.0857. The van der Waals surface area contributed by atoms with Crippen molar-refractivity contribution in [2.45, 2.75) is 32.4 Å². The molecule has 1 aromatic heterocycles. The molecule has 5 heteroatoms. The minimum atomic E-state index is -0.841. The van der Waals surface area contributed by atoms with Gasteiger partial charge in [-0.1, -0.05) is 6.07 Å². The Morgan fingerprint density at radius 1 is 1.44 bits per heavy atom. The van der Waals surface area contributed by atoms with Gasteiger partial charge in [0.1, 0.15) is 12.1 Å². The zero-order valence-electron chi connectivity index (χ0n) is 10.8. The molecule has 5 nitrogen and oxygen atoms in total. The van der Waals surface area contributed by atoms with Gasteiger partial charge in [0, 0.05) is 12.4 Å². The van der Waals surface area contributed by atoms with Crippen molar-refractivity contribution < 1.29 is 9.59 Å². The van der Waals surface area contributed by atoms with Crippen molar-refractivity contribution >= 4 is 11.8 Å². The largest absolute Gasteiger partial charge is 0.341 e. The van der Waals surface area contributed by atoms with Crippen LogP contribution in [0.5, 0.6) is 0 Å². The number of rotatable bonds is 2. The van der Waals surface area contributed by atoms with Gasteiger partial charge < -0.3 is 10.2 Å². The molecule has 1 aromatic rings. The Labute approximate surface area is 106 Å². The zero-order chi connectivity index (χ0) is 13.3. The minimum absolute atomic E-state index is 0.0709. The van der Waals surface area contributed by atoms with Gasteiger partial charge in [0.05, 0.1) is 6.04 Å². The Kier molecular flexibility index (Phi) is 3.07. The molecular formula is C13H17N3O2. The van der Waals surface area contributed by atoms with Gasteiger partial charge in [-0.25, -0.2) is 0 Å². The summed E-state index contributed by atoms with van der Waals surface area (Å²) in [4.78, 5) is 29.6. The van der Waals surface area contributed by atoms with Gasteiger partial charge in [-0.05, 0) is 32.4 Å². The molecule has 1 fully saturated rings. The lowest BCUT2D eigenvalue weighted by atomic mass is 9.97. The fraction of sp³-hybridized carbons (Fsp3) is 0.462. The lowest BCUT2D eigenvalue weighted by Gasteiger charge is -2.40. The van der Waals surface area contributed by atoms with Crippen molar-refractivity contribution in [3.05, 3.63) is 30.1 Å². The number of piperazine rings is 1. The summed E-state index contributed by atoms with van der Waals surface area (Å²) < 4.78 is 0. The lowest BCUT2D eigenvalue weighted by molar-refractivity contribution is -0.150. The van der Waals surface area contributed by atoms with Crippen molar-refractivity contribution in [2.75, 3.05) is 6.54 Å². The first-order valence-corrected chi connectivity index (χ1v) is 5.94. The van der Waals surface area contributed by atoms with E-state index in [1.54, 1.807) is 31.1 Å². The molecule has 0 radical (unpaired) electrons.